The summed E-state index contributed by atoms with van der Waals surface area (Å²) in [5.41, 5.74) is 1.49. The Kier molecular flexibility index (Phi) is 4.29. The number of esters is 1. The molecule has 1 N–H and O–H groups in total. The topological polar surface area (TPSA) is 92.1 Å². The van der Waals surface area contributed by atoms with Crippen molar-refractivity contribution in [2.24, 2.45) is 0 Å². The quantitative estimate of drug-likeness (QED) is 0.723. The maximum Gasteiger partial charge on any atom is 0.348 e. The van der Waals surface area contributed by atoms with Crippen LogP contribution in [-0.2, 0) is 4.74 Å². The van der Waals surface area contributed by atoms with Gasteiger partial charge in [0, 0.05) is 0 Å². The van der Waals surface area contributed by atoms with Crippen LogP contribution in [0.25, 0.3) is 10.2 Å². The van der Waals surface area contributed by atoms with Crippen molar-refractivity contribution in [1.82, 2.24) is 4.98 Å². The SMILES string of the molecule is COC(=O)c1sc(NC(=O)c2nc3ccccc3s2)c(C#N)c1C. The summed E-state index contributed by atoms with van der Waals surface area (Å²) >= 11 is 2.29. The van der Waals surface area contributed by atoms with Crippen LogP contribution in [0, 0.1) is 18.3 Å². The molecule has 8 heteroatoms. The van der Waals surface area contributed by atoms with Gasteiger partial charge < -0.3 is 10.1 Å². The standard InChI is InChI=1S/C16H11N3O3S2/c1-8-9(7-17)14(24-12(8)16(21)22-2)19-13(20)15-18-10-5-3-4-6-11(10)23-15/h3-6H,1-2H3,(H,19,20). The van der Waals surface area contributed by atoms with E-state index >= 15 is 0 Å². The van der Waals surface area contributed by atoms with Crippen LogP contribution in [0.3, 0.4) is 0 Å². The zero-order valence-electron chi connectivity index (χ0n) is 12.7. The lowest BCUT2D eigenvalue weighted by Gasteiger charge is -1.99. The number of nitrogens with one attached hydrogen (secondary N) is 1. The third kappa shape index (κ3) is 2.75. The normalized spacial score (nSPS) is 10.4. The van der Waals surface area contributed by atoms with E-state index in [0.29, 0.717) is 20.4 Å². The van der Waals surface area contributed by atoms with E-state index in [0.717, 1.165) is 21.6 Å². The van der Waals surface area contributed by atoms with Crippen molar-refractivity contribution < 1.29 is 14.3 Å². The van der Waals surface area contributed by atoms with E-state index in [2.05, 4.69) is 10.3 Å². The number of amides is 1. The first-order valence-corrected chi connectivity index (χ1v) is 8.47. The second kappa shape index (κ2) is 6.39. The molecule has 24 heavy (non-hydrogen) atoms. The van der Waals surface area contributed by atoms with Crippen molar-refractivity contribution in [3.8, 4) is 6.07 Å². The van der Waals surface area contributed by atoms with Gasteiger partial charge in [-0.1, -0.05) is 12.1 Å². The van der Waals surface area contributed by atoms with E-state index < -0.39 is 11.9 Å². The molecule has 3 aromatic rings. The number of thiazole rings is 1. The van der Waals surface area contributed by atoms with Gasteiger partial charge in [-0.2, -0.15) is 5.26 Å². The van der Waals surface area contributed by atoms with Crippen molar-refractivity contribution in [1.29, 1.82) is 5.26 Å². The highest BCUT2D eigenvalue weighted by molar-refractivity contribution is 7.21. The van der Waals surface area contributed by atoms with Crippen LogP contribution < -0.4 is 5.32 Å². The lowest BCUT2D eigenvalue weighted by Crippen LogP contribution is -2.11. The van der Waals surface area contributed by atoms with Gasteiger partial charge in [-0.25, -0.2) is 9.78 Å². The molecular formula is C16H11N3O3S2. The average molecular weight is 357 g/mol. The van der Waals surface area contributed by atoms with Gasteiger partial charge in [0.15, 0.2) is 5.01 Å². The molecule has 2 heterocycles. The minimum Gasteiger partial charge on any atom is -0.465 e. The van der Waals surface area contributed by atoms with Crippen LogP contribution in [0.2, 0.25) is 0 Å². The summed E-state index contributed by atoms with van der Waals surface area (Å²) < 4.78 is 5.60. The van der Waals surface area contributed by atoms with Gasteiger partial charge in [-0.15, -0.1) is 22.7 Å². The predicted octanol–water partition coefficient (Wildman–Crippen LogP) is 3.58. The summed E-state index contributed by atoms with van der Waals surface area (Å²) in [6.07, 6.45) is 0. The molecular weight excluding hydrogens is 346 g/mol. The molecule has 0 saturated heterocycles. The van der Waals surface area contributed by atoms with E-state index in [4.69, 9.17) is 4.74 Å². The molecule has 0 spiro atoms. The van der Waals surface area contributed by atoms with E-state index in [1.807, 2.05) is 30.3 Å². The number of anilines is 1. The zero-order valence-corrected chi connectivity index (χ0v) is 14.4. The smallest absolute Gasteiger partial charge is 0.348 e. The summed E-state index contributed by atoms with van der Waals surface area (Å²) in [6.45, 7) is 1.65. The molecule has 0 atom stereocenters. The minimum atomic E-state index is -0.533. The van der Waals surface area contributed by atoms with Gasteiger partial charge in [0.1, 0.15) is 15.9 Å². The summed E-state index contributed by atoms with van der Waals surface area (Å²) in [4.78, 5) is 28.8. The van der Waals surface area contributed by atoms with Gasteiger partial charge in [0.2, 0.25) is 0 Å². The Balaban J connectivity index is 1.94. The number of nitrogens with zero attached hydrogens (tertiary/aromatic N) is 2. The highest BCUT2D eigenvalue weighted by atomic mass is 32.1. The van der Waals surface area contributed by atoms with Crippen LogP contribution in [0.15, 0.2) is 24.3 Å². The first kappa shape index (κ1) is 16.1. The van der Waals surface area contributed by atoms with Crippen molar-refractivity contribution in [3.63, 3.8) is 0 Å². The molecule has 120 valence electrons. The average Bonchev–Trinajstić information content (AvgIpc) is 3.15. The molecule has 1 aromatic carbocycles. The molecule has 3 rings (SSSR count). The fourth-order valence-corrected chi connectivity index (χ4v) is 4.08. The van der Waals surface area contributed by atoms with Gasteiger partial charge >= 0.3 is 5.97 Å². The Morgan fingerprint density at radius 1 is 1.29 bits per heavy atom. The number of rotatable bonds is 3. The summed E-state index contributed by atoms with van der Waals surface area (Å²) in [6, 6.07) is 9.46. The summed E-state index contributed by atoms with van der Waals surface area (Å²) in [5.74, 6) is -0.945. The number of benzene rings is 1. The van der Waals surface area contributed by atoms with Crippen LogP contribution in [-0.4, -0.2) is 24.0 Å². The third-order valence-corrected chi connectivity index (χ3v) is 5.57. The molecule has 6 nitrogen and oxygen atoms in total. The molecule has 0 unspecified atom stereocenters. The number of methoxy groups -OCH3 is 1. The Hall–Kier alpha value is -2.76. The number of aromatic nitrogens is 1. The number of ether oxygens (including phenoxy) is 1. The molecule has 0 aliphatic carbocycles. The van der Waals surface area contributed by atoms with Crippen LogP contribution in [0.5, 0.6) is 0 Å². The number of nitriles is 1. The van der Waals surface area contributed by atoms with E-state index in [1.54, 1.807) is 6.92 Å². The minimum absolute atomic E-state index is 0.259. The fourth-order valence-electron chi connectivity index (χ4n) is 2.15. The highest BCUT2D eigenvalue weighted by Crippen LogP contribution is 2.33. The van der Waals surface area contributed by atoms with Gasteiger partial charge in [-0.05, 0) is 24.6 Å². The number of carbonyl (C=O) groups excluding carboxylic acids is 2. The van der Waals surface area contributed by atoms with Crippen molar-refractivity contribution in [2.75, 3.05) is 12.4 Å². The monoisotopic (exact) mass is 357 g/mol. The molecule has 0 fully saturated rings. The molecule has 0 saturated carbocycles. The van der Waals surface area contributed by atoms with E-state index in [9.17, 15) is 14.9 Å². The van der Waals surface area contributed by atoms with Gasteiger partial charge in [0.25, 0.3) is 5.91 Å². The summed E-state index contributed by atoms with van der Waals surface area (Å²) in [7, 11) is 1.27. The molecule has 0 aliphatic heterocycles. The van der Waals surface area contributed by atoms with Crippen molar-refractivity contribution >= 4 is 49.8 Å². The first-order chi connectivity index (χ1) is 11.5. The molecule has 2 aromatic heterocycles. The second-order valence-corrected chi connectivity index (χ2v) is 6.86. The molecule has 0 radical (unpaired) electrons. The second-order valence-electron chi connectivity index (χ2n) is 4.80. The zero-order chi connectivity index (χ0) is 17.3. The fraction of sp³-hybridized carbons (Fsp3) is 0.125. The Labute approximate surface area is 145 Å². The van der Waals surface area contributed by atoms with Crippen LogP contribution in [0.1, 0.15) is 30.6 Å². The molecule has 0 aliphatic rings. The number of thiophene rings is 1. The van der Waals surface area contributed by atoms with Crippen molar-refractivity contribution in [3.05, 3.63) is 45.3 Å². The Morgan fingerprint density at radius 2 is 2.04 bits per heavy atom. The molecule has 0 bridgehead atoms. The number of fused-ring (bicyclic) bond motifs is 1. The maximum atomic E-state index is 12.4. The third-order valence-electron chi connectivity index (χ3n) is 3.34. The molecule has 1 amide bonds. The number of hydrogen-bond donors (Lipinski definition) is 1. The van der Waals surface area contributed by atoms with E-state index in [-0.39, 0.29) is 5.56 Å². The highest BCUT2D eigenvalue weighted by Gasteiger charge is 2.23. The lowest BCUT2D eigenvalue weighted by atomic mass is 10.2. The number of hydrogen-bond acceptors (Lipinski definition) is 7. The Morgan fingerprint density at radius 3 is 2.71 bits per heavy atom. The van der Waals surface area contributed by atoms with E-state index in [1.165, 1.54) is 18.4 Å². The van der Waals surface area contributed by atoms with Crippen molar-refractivity contribution in [2.45, 2.75) is 6.92 Å². The van der Waals surface area contributed by atoms with Gasteiger partial charge in [-0.3, -0.25) is 4.79 Å². The van der Waals surface area contributed by atoms with Crippen LogP contribution in [0.4, 0.5) is 5.00 Å². The summed E-state index contributed by atoms with van der Waals surface area (Å²) in [5, 5.41) is 12.6. The lowest BCUT2D eigenvalue weighted by molar-refractivity contribution is 0.0605. The predicted molar refractivity (Wildman–Crippen MR) is 92.7 cm³/mol. The van der Waals surface area contributed by atoms with Crippen LogP contribution >= 0.6 is 22.7 Å². The largest absolute Gasteiger partial charge is 0.465 e. The first-order valence-electron chi connectivity index (χ1n) is 6.84. The maximum absolute atomic E-state index is 12.4. The Bertz CT molecular complexity index is 965. The number of carbonyl (C=O) groups is 2. The van der Waals surface area contributed by atoms with Gasteiger partial charge in [0.05, 0.1) is 22.9 Å². The number of para-hydroxylation sites is 1.